The molecule has 0 saturated carbocycles. The largest absolute Gasteiger partial charge is 0.551 e. The van der Waals surface area contributed by atoms with Gasteiger partial charge in [-0.25, -0.2) is 26.3 Å². The van der Waals surface area contributed by atoms with E-state index in [1.807, 2.05) is 0 Å². The molecule has 0 amide bonds. The van der Waals surface area contributed by atoms with E-state index in [0.717, 1.165) is 0 Å². The van der Waals surface area contributed by atoms with Crippen molar-refractivity contribution in [3.63, 3.8) is 0 Å². The molecule has 3 nitrogen and oxygen atoms in total. The van der Waals surface area contributed by atoms with E-state index in [-0.39, 0.29) is 19.8 Å². The number of allylic oxidation sites excluding steroid dienone is 4. The second kappa shape index (κ2) is 7.15. The van der Waals surface area contributed by atoms with Gasteiger partial charge in [-0.15, -0.1) is 0 Å². The average Bonchev–Trinajstić information content (AvgIpc) is 2.49. The van der Waals surface area contributed by atoms with Crippen LogP contribution in [-0.2, 0) is 13.3 Å². The van der Waals surface area contributed by atoms with Gasteiger partial charge < -0.3 is 13.3 Å². The lowest BCUT2D eigenvalue weighted by Crippen LogP contribution is -2.68. The quantitative estimate of drug-likeness (QED) is 0.514. The summed E-state index contributed by atoms with van der Waals surface area (Å²) in [4.78, 5) is 0. The zero-order chi connectivity index (χ0) is 17.1. The van der Waals surface area contributed by atoms with Gasteiger partial charge >= 0.3 is 8.80 Å². The zero-order valence-corrected chi connectivity index (χ0v) is 13.2. The van der Waals surface area contributed by atoms with E-state index in [1.54, 1.807) is 0 Å². The van der Waals surface area contributed by atoms with Gasteiger partial charge in [-0.05, 0) is 20.8 Å². The second-order valence-electron chi connectivity index (χ2n) is 4.22. The van der Waals surface area contributed by atoms with Crippen molar-refractivity contribution in [3.8, 4) is 0 Å². The first kappa shape index (κ1) is 19.2. The van der Waals surface area contributed by atoms with E-state index >= 15 is 4.39 Å². The highest BCUT2D eigenvalue weighted by Gasteiger charge is 2.74. The average molecular weight is 350 g/mol. The number of hydrogen-bond donors (Lipinski definition) is 0. The minimum atomic E-state index is -4.91. The fourth-order valence-electron chi connectivity index (χ4n) is 2.06. The van der Waals surface area contributed by atoms with Crippen molar-refractivity contribution >= 4 is 8.80 Å². The molecule has 128 valence electrons. The van der Waals surface area contributed by atoms with Crippen LogP contribution in [0.1, 0.15) is 20.8 Å². The van der Waals surface area contributed by atoms with Crippen LogP contribution in [0.3, 0.4) is 0 Å². The number of rotatable bonds is 7. The van der Waals surface area contributed by atoms with Crippen LogP contribution < -0.4 is 0 Å². The Hall–Kier alpha value is -0.843. The van der Waals surface area contributed by atoms with Crippen LogP contribution in [0.4, 0.5) is 26.3 Å². The van der Waals surface area contributed by atoms with Crippen LogP contribution in [0.5, 0.6) is 0 Å². The molecule has 0 fully saturated rings. The summed E-state index contributed by atoms with van der Waals surface area (Å²) in [5.74, 6) is -9.77. The molecule has 0 saturated heterocycles. The molecule has 0 unspecified atom stereocenters. The third kappa shape index (κ3) is 2.72. The highest BCUT2D eigenvalue weighted by atomic mass is 28.4. The van der Waals surface area contributed by atoms with Gasteiger partial charge in [0.15, 0.2) is 29.5 Å². The molecule has 1 rings (SSSR count). The lowest BCUT2D eigenvalue weighted by molar-refractivity contribution is -0.0156. The highest BCUT2D eigenvalue weighted by molar-refractivity contribution is 6.65. The van der Waals surface area contributed by atoms with E-state index in [9.17, 15) is 22.0 Å². The minimum absolute atomic E-state index is 0.298. The maximum Gasteiger partial charge on any atom is 0.551 e. The summed E-state index contributed by atoms with van der Waals surface area (Å²) in [7, 11) is -4.91. The Bertz CT molecular complexity index is 466. The fraction of sp³-hybridized carbons (Fsp3) is 0.667. The Balaban J connectivity index is 3.56. The molecular weight excluding hydrogens is 334 g/mol. The lowest BCUT2D eigenvalue weighted by atomic mass is 10.1. The summed E-state index contributed by atoms with van der Waals surface area (Å²) in [6.45, 7) is 3.16. The van der Waals surface area contributed by atoms with Crippen molar-refractivity contribution in [3.05, 3.63) is 23.3 Å². The van der Waals surface area contributed by atoms with Crippen molar-refractivity contribution in [1.29, 1.82) is 0 Å². The van der Waals surface area contributed by atoms with Crippen LogP contribution in [0, 0.1) is 0 Å². The molecule has 0 aliphatic heterocycles. The molecule has 0 aromatic rings. The summed E-state index contributed by atoms with van der Waals surface area (Å²) in [5, 5.41) is -4.04. The predicted octanol–water partition coefficient (Wildman–Crippen LogP) is 3.94. The van der Waals surface area contributed by atoms with E-state index in [0.29, 0.717) is 0 Å². The number of hydrogen-bond acceptors (Lipinski definition) is 3. The summed E-state index contributed by atoms with van der Waals surface area (Å²) < 4.78 is 98.0. The fourth-order valence-corrected chi connectivity index (χ4v) is 4.89. The molecular formula is C12H16F6O3Si. The standard InChI is InChI=1S/C12H16F6O3Si/c1-4-19-22(20-5-2,21-6-3)12(18)10(16)8(14)7(13)9(15)11(12)17/h10H,4-6H2,1-3H3/t10-,12-/m0/s1. The van der Waals surface area contributed by atoms with Crippen molar-refractivity contribution in [2.75, 3.05) is 19.8 Å². The van der Waals surface area contributed by atoms with Gasteiger partial charge in [0.2, 0.25) is 0 Å². The third-order valence-corrected chi connectivity index (χ3v) is 6.31. The van der Waals surface area contributed by atoms with Crippen LogP contribution >= 0.6 is 0 Å². The van der Waals surface area contributed by atoms with Crippen LogP contribution in [-0.4, -0.2) is 40.1 Å². The van der Waals surface area contributed by atoms with Gasteiger partial charge in [0, 0.05) is 19.8 Å². The Labute approximate surface area is 124 Å². The van der Waals surface area contributed by atoms with E-state index in [4.69, 9.17) is 13.3 Å². The maximum atomic E-state index is 15.1. The van der Waals surface area contributed by atoms with Gasteiger partial charge in [0.1, 0.15) is 0 Å². The van der Waals surface area contributed by atoms with Gasteiger partial charge in [-0.1, -0.05) is 0 Å². The van der Waals surface area contributed by atoms with Crippen molar-refractivity contribution in [2.45, 2.75) is 32.2 Å². The molecule has 0 spiro atoms. The van der Waals surface area contributed by atoms with Crippen molar-refractivity contribution in [1.82, 2.24) is 0 Å². The Morgan fingerprint density at radius 1 is 0.909 bits per heavy atom. The zero-order valence-electron chi connectivity index (χ0n) is 12.2. The molecule has 1 aliphatic carbocycles. The molecule has 0 aromatic carbocycles. The molecule has 0 bridgehead atoms. The monoisotopic (exact) mass is 350 g/mol. The Kier molecular flexibility index (Phi) is 6.24. The van der Waals surface area contributed by atoms with Gasteiger partial charge in [-0.2, -0.15) is 0 Å². The molecule has 22 heavy (non-hydrogen) atoms. The molecule has 0 radical (unpaired) electrons. The minimum Gasteiger partial charge on any atom is -0.372 e. The second-order valence-corrected chi connectivity index (χ2v) is 6.93. The first-order valence-corrected chi connectivity index (χ1v) is 8.31. The van der Waals surface area contributed by atoms with Gasteiger partial charge in [0.25, 0.3) is 5.29 Å². The SMILES string of the molecule is CCO[Si](OCC)(OCC)[C@]1(F)C(F)=C(F)C(F)=C(F)[C@@H]1F. The lowest BCUT2D eigenvalue weighted by Gasteiger charge is -2.40. The van der Waals surface area contributed by atoms with E-state index in [2.05, 4.69) is 0 Å². The normalized spacial score (nSPS) is 26.9. The van der Waals surface area contributed by atoms with Crippen molar-refractivity contribution in [2.24, 2.45) is 0 Å². The number of halogens is 6. The van der Waals surface area contributed by atoms with Crippen LogP contribution in [0.25, 0.3) is 0 Å². The molecule has 2 atom stereocenters. The Morgan fingerprint density at radius 2 is 1.32 bits per heavy atom. The van der Waals surface area contributed by atoms with Crippen LogP contribution in [0.15, 0.2) is 23.3 Å². The van der Waals surface area contributed by atoms with Gasteiger partial charge in [-0.3, -0.25) is 0 Å². The molecule has 1 aliphatic rings. The summed E-state index contributed by atoms with van der Waals surface area (Å²) in [5.41, 5.74) is 0. The van der Waals surface area contributed by atoms with E-state index < -0.39 is 43.6 Å². The topological polar surface area (TPSA) is 27.7 Å². The molecule has 0 heterocycles. The summed E-state index contributed by atoms with van der Waals surface area (Å²) in [6.07, 6.45) is -3.48. The predicted molar refractivity (Wildman–Crippen MR) is 67.9 cm³/mol. The Morgan fingerprint density at radius 3 is 1.68 bits per heavy atom. The molecule has 10 heteroatoms. The molecule has 0 aromatic heterocycles. The third-order valence-electron chi connectivity index (χ3n) is 2.93. The summed E-state index contributed by atoms with van der Waals surface area (Å²) in [6, 6.07) is 0. The van der Waals surface area contributed by atoms with E-state index in [1.165, 1.54) is 20.8 Å². The highest BCUT2D eigenvalue weighted by Crippen LogP contribution is 2.49. The molecule has 0 N–H and O–H groups in total. The van der Waals surface area contributed by atoms with Gasteiger partial charge in [0.05, 0.1) is 0 Å². The first-order chi connectivity index (χ1) is 10.2. The maximum absolute atomic E-state index is 15.1. The smallest absolute Gasteiger partial charge is 0.372 e. The summed E-state index contributed by atoms with van der Waals surface area (Å²) >= 11 is 0. The van der Waals surface area contributed by atoms with Crippen molar-refractivity contribution < 1.29 is 39.6 Å². The van der Waals surface area contributed by atoms with Crippen LogP contribution in [0.2, 0.25) is 0 Å². The first-order valence-electron chi connectivity index (χ1n) is 6.59. The number of alkyl halides is 2.